The summed E-state index contributed by atoms with van der Waals surface area (Å²) in [4.78, 5) is 0. The van der Waals surface area contributed by atoms with Gasteiger partial charge in [-0.15, -0.1) is 0 Å². The topological polar surface area (TPSA) is 190 Å². The Hall–Kier alpha value is -0.440. The highest BCUT2D eigenvalue weighted by molar-refractivity contribution is 4.99. The standard InChI is InChI=1S/C12H22O11/c13-3-11(9(19)7(17)5(15)1-21-11)23-12(4-14)10(20)8(18)6(16)2-22-12/h5-10,13-20H,1-4H2/t5-,6-,7-,8-,9+,10+,11+,12?/m1/s1. The summed E-state index contributed by atoms with van der Waals surface area (Å²) >= 11 is 0. The van der Waals surface area contributed by atoms with E-state index in [0.717, 1.165) is 0 Å². The molecule has 0 aromatic heterocycles. The summed E-state index contributed by atoms with van der Waals surface area (Å²) in [5, 5.41) is 77.5. The molecule has 2 rings (SSSR count). The number of hydrogen-bond donors (Lipinski definition) is 8. The summed E-state index contributed by atoms with van der Waals surface area (Å²) in [6, 6.07) is 0. The molecule has 0 aromatic carbocycles. The molecule has 0 amide bonds. The van der Waals surface area contributed by atoms with Gasteiger partial charge in [-0.25, -0.2) is 0 Å². The second-order valence-electron chi connectivity index (χ2n) is 5.67. The minimum absolute atomic E-state index is 0.512. The monoisotopic (exact) mass is 342 g/mol. The average Bonchev–Trinajstić information content (AvgIpc) is 2.56. The minimum atomic E-state index is -2.33. The molecule has 0 saturated carbocycles. The van der Waals surface area contributed by atoms with Gasteiger partial charge in [-0.1, -0.05) is 0 Å². The number of ether oxygens (including phenoxy) is 3. The molecule has 0 bridgehead atoms. The molecular weight excluding hydrogens is 320 g/mol. The summed E-state index contributed by atoms with van der Waals surface area (Å²) in [7, 11) is 0. The molecule has 8 N–H and O–H groups in total. The molecule has 0 aliphatic carbocycles. The summed E-state index contributed by atoms with van der Waals surface area (Å²) in [5.74, 6) is -4.66. The smallest absolute Gasteiger partial charge is 0.224 e. The van der Waals surface area contributed by atoms with Crippen LogP contribution in [0.4, 0.5) is 0 Å². The summed E-state index contributed by atoms with van der Waals surface area (Å²) < 4.78 is 15.4. The van der Waals surface area contributed by atoms with Crippen LogP contribution in [0, 0.1) is 0 Å². The molecule has 0 radical (unpaired) electrons. The molecule has 23 heavy (non-hydrogen) atoms. The van der Waals surface area contributed by atoms with Gasteiger partial charge in [0, 0.05) is 0 Å². The molecule has 0 aromatic rings. The highest BCUT2D eigenvalue weighted by Gasteiger charge is 2.59. The molecule has 0 spiro atoms. The van der Waals surface area contributed by atoms with Crippen LogP contribution in [0.25, 0.3) is 0 Å². The molecule has 2 aliphatic heterocycles. The third kappa shape index (κ3) is 3.10. The van der Waals surface area contributed by atoms with Gasteiger partial charge in [0.2, 0.25) is 11.6 Å². The fourth-order valence-corrected chi connectivity index (χ4v) is 2.58. The van der Waals surface area contributed by atoms with Crippen molar-refractivity contribution in [3.8, 4) is 0 Å². The van der Waals surface area contributed by atoms with E-state index in [2.05, 4.69) is 0 Å². The maximum absolute atomic E-state index is 10.1. The molecule has 136 valence electrons. The molecule has 2 saturated heterocycles. The highest BCUT2D eigenvalue weighted by atomic mass is 16.8. The molecule has 2 heterocycles. The van der Waals surface area contributed by atoms with E-state index in [1.54, 1.807) is 0 Å². The van der Waals surface area contributed by atoms with Gasteiger partial charge in [-0.2, -0.15) is 0 Å². The lowest BCUT2D eigenvalue weighted by molar-refractivity contribution is -0.450. The van der Waals surface area contributed by atoms with Crippen molar-refractivity contribution >= 4 is 0 Å². The fraction of sp³-hybridized carbons (Fsp3) is 1.00. The summed E-state index contributed by atoms with van der Waals surface area (Å²) in [5.41, 5.74) is 0. The molecule has 1 unspecified atom stereocenters. The zero-order chi connectivity index (χ0) is 17.4. The van der Waals surface area contributed by atoms with Crippen molar-refractivity contribution in [2.75, 3.05) is 26.4 Å². The van der Waals surface area contributed by atoms with Crippen molar-refractivity contribution in [1.29, 1.82) is 0 Å². The average molecular weight is 342 g/mol. The van der Waals surface area contributed by atoms with Gasteiger partial charge in [0.25, 0.3) is 0 Å². The first-order chi connectivity index (χ1) is 10.7. The fourth-order valence-electron chi connectivity index (χ4n) is 2.58. The van der Waals surface area contributed by atoms with Crippen molar-refractivity contribution in [1.82, 2.24) is 0 Å². The van der Waals surface area contributed by atoms with Crippen LogP contribution in [0.5, 0.6) is 0 Å². The Labute approximate surface area is 130 Å². The zero-order valence-electron chi connectivity index (χ0n) is 12.1. The zero-order valence-corrected chi connectivity index (χ0v) is 12.1. The second-order valence-corrected chi connectivity index (χ2v) is 5.67. The molecule has 11 heteroatoms. The molecular formula is C12H22O11. The van der Waals surface area contributed by atoms with Gasteiger partial charge in [-0.3, -0.25) is 0 Å². The maximum atomic E-state index is 10.1. The van der Waals surface area contributed by atoms with E-state index in [9.17, 15) is 40.9 Å². The Morgan fingerprint density at radius 3 is 1.39 bits per heavy atom. The Morgan fingerprint density at radius 1 is 0.739 bits per heavy atom. The van der Waals surface area contributed by atoms with Crippen LogP contribution in [0.2, 0.25) is 0 Å². The first kappa shape index (κ1) is 18.9. The van der Waals surface area contributed by atoms with E-state index >= 15 is 0 Å². The van der Waals surface area contributed by atoms with E-state index in [1.807, 2.05) is 0 Å². The van der Waals surface area contributed by atoms with Crippen LogP contribution in [0.15, 0.2) is 0 Å². The highest BCUT2D eigenvalue weighted by Crippen LogP contribution is 2.36. The van der Waals surface area contributed by atoms with Gasteiger partial charge in [0.15, 0.2) is 0 Å². The lowest BCUT2D eigenvalue weighted by atomic mass is 9.94. The number of aliphatic hydroxyl groups excluding tert-OH is 8. The lowest BCUT2D eigenvalue weighted by Gasteiger charge is -2.51. The normalized spacial score (nSPS) is 51.7. The van der Waals surface area contributed by atoms with Crippen molar-refractivity contribution in [3.63, 3.8) is 0 Å². The van der Waals surface area contributed by atoms with Crippen molar-refractivity contribution < 1.29 is 55.1 Å². The SMILES string of the molecule is OCC1(O[C@]2(CO)OC[C@@H](O)[C@@H](O)[C@@H]2O)OC[C@@H](O)[C@@H](O)[C@@H]1O. The molecule has 2 aliphatic rings. The van der Waals surface area contributed by atoms with E-state index in [1.165, 1.54) is 0 Å². The first-order valence-electron chi connectivity index (χ1n) is 7.01. The Balaban J connectivity index is 2.28. The quantitative estimate of drug-likeness (QED) is 0.243. The van der Waals surface area contributed by atoms with Crippen LogP contribution in [-0.4, -0.2) is 115 Å². The van der Waals surface area contributed by atoms with Gasteiger partial charge in [0.05, 0.1) is 13.2 Å². The Bertz CT molecular complexity index is 372. The number of aliphatic hydroxyl groups is 8. The number of hydrogen-bond acceptors (Lipinski definition) is 11. The van der Waals surface area contributed by atoms with Gasteiger partial charge in [0.1, 0.15) is 49.8 Å². The van der Waals surface area contributed by atoms with Crippen LogP contribution >= 0.6 is 0 Å². The van der Waals surface area contributed by atoms with Crippen molar-refractivity contribution in [3.05, 3.63) is 0 Å². The third-order valence-corrected chi connectivity index (χ3v) is 4.12. The maximum Gasteiger partial charge on any atom is 0.224 e. The van der Waals surface area contributed by atoms with E-state index < -0.39 is 74.6 Å². The predicted octanol–water partition coefficient (Wildman–Crippen LogP) is -5.39. The summed E-state index contributed by atoms with van der Waals surface area (Å²) in [6.07, 6.45) is -10.2. The molecule has 11 nitrogen and oxygen atoms in total. The van der Waals surface area contributed by atoms with Crippen molar-refractivity contribution in [2.45, 2.75) is 48.2 Å². The Morgan fingerprint density at radius 2 is 1.09 bits per heavy atom. The van der Waals surface area contributed by atoms with Crippen LogP contribution in [0.3, 0.4) is 0 Å². The van der Waals surface area contributed by atoms with Crippen LogP contribution in [-0.2, 0) is 14.2 Å². The predicted molar refractivity (Wildman–Crippen MR) is 68.7 cm³/mol. The van der Waals surface area contributed by atoms with E-state index in [-0.39, 0.29) is 0 Å². The number of rotatable bonds is 4. The van der Waals surface area contributed by atoms with Gasteiger partial charge >= 0.3 is 0 Å². The third-order valence-electron chi connectivity index (χ3n) is 4.12. The van der Waals surface area contributed by atoms with Crippen LogP contribution in [0.1, 0.15) is 0 Å². The molecule has 8 atom stereocenters. The minimum Gasteiger partial charge on any atom is -0.391 e. The summed E-state index contributed by atoms with van der Waals surface area (Å²) in [6.45, 7) is -3.06. The lowest BCUT2D eigenvalue weighted by Crippen LogP contribution is -2.71. The van der Waals surface area contributed by atoms with Crippen LogP contribution < -0.4 is 0 Å². The first-order valence-corrected chi connectivity index (χ1v) is 7.01. The van der Waals surface area contributed by atoms with E-state index in [0.29, 0.717) is 0 Å². The second kappa shape index (κ2) is 6.82. The molecule has 2 fully saturated rings. The van der Waals surface area contributed by atoms with Gasteiger partial charge in [-0.05, 0) is 0 Å². The van der Waals surface area contributed by atoms with E-state index in [4.69, 9.17) is 14.2 Å². The Kier molecular flexibility index (Phi) is 5.60. The van der Waals surface area contributed by atoms with Gasteiger partial charge < -0.3 is 55.1 Å². The van der Waals surface area contributed by atoms with Crippen molar-refractivity contribution in [2.24, 2.45) is 0 Å². The largest absolute Gasteiger partial charge is 0.391 e.